The van der Waals surface area contributed by atoms with Gasteiger partial charge in [-0.15, -0.1) is 0 Å². The van der Waals surface area contributed by atoms with Crippen LogP contribution < -0.4 is 11.1 Å². The first-order valence-corrected chi connectivity index (χ1v) is 6.07. The maximum atomic E-state index is 13.6. The third-order valence-corrected chi connectivity index (χ3v) is 3.07. The SMILES string of the molecule is Nc1ccc(F)c(NC(=O)c2cccc3cc[nH]c23)c1. The van der Waals surface area contributed by atoms with E-state index < -0.39 is 5.82 Å². The molecule has 4 nitrogen and oxygen atoms in total. The maximum absolute atomic E-state index is 13.6. The zero-order chi connectivity index (χ0) is 14.1. The quantitative estimate of drug-likeness (QED) is 0.625. The van der Waals surface area contributed by atoms with E-state index in [0.717, 1.165) is 5.39 Å². The van der Waals surface area contributed by atoms with E-state index in [4.69, 9.17) is 5.73 Å². The maximum Gasteiger partial charge on any atom is 0.257 e. The van der Waals surface area contributed by atoms with Crippen molar-refractivity contribution in [3.05, 3.63) is 60.0 Å². The van der Waals surface area contributed by atoms with Crippen LogP contribution in [0, 0.1) is 5.82 Å². The van der Waals surface area contributed by atoms with Crippen LogP contribution in [0.25, 0.3) is 10.9 Å². The number of fused-ring (bicyclic) bond motifs is 1. The van der Waals surface area contributed by atoms with Crippen molar-refractivity contribution in [2.24, 2.45) is 0 Å². The van der Waals surface area contributed by atoms with Crippen LogP contribution in [0.2, 0.25) is 0 Å². The fraction of sp³-hybridized carbons (Fsp3) is 0. The van der Waals surface area contributed by atoms with Gasteiger partial charge in [0.15, 0.2) is 0 Å². The monoisotopic (exact) mass is 269 g/mol. The van der Waals surface area contributed by atoms with Gasteiger partial charge in [0, 0.05) is 17.3 Å². The Kier molecular flexibility index (Phi) is 2.87. The number of aromatic nitrogens is 1. The van der Waals surface area contributed by atoms with Crippen LogP contribution >= 0.6 is 0 Å². The molecule has 5 heteroatoms. The predicted octanol–water partition coefficient (Wildman–Crippen LogP) is 3.14. The van der Waals surface area contributed by atoms with Crippen molar-refractivity contribution < 1.29 is 9.18 Å². The van der Waals surface area contributed by atoms with E-state index in [1.165, 1.54) is 18.2 Å². The first-order valence-electron chi connectivity index (χ1n) is 6.07. The van der Waals surface area contributed by atoms with Crippen LogP contribution in [0.3, 0.4) is 0 Å². The summed E-state index contributed by atoms with van der Waals surface area (Å²) < 4.78 is 13.6. The van der Waals surface area contributed by atoms with Gasteiger partial charge in [-0.05, 0) is 30.3 Å². The minimum atomic E-state index is -0.522. The van der Waals surface area contributed by atoms with Crippen LogP contribution in [0.5, 0.6) is 0 Å². The van der Waals surface area contributed by atoms with Gasteiger partial charge in [0.1, 0.15) is 5.82 Å². The number of hydrogen-bond donors (Lipinski definition) is 3. The number of nitrogens with one attached hydrogen (secondary N) is 2. The second-order valence-electron chi connectivity index (χ2n) is 4.44. The number of amides is 1. The summed E-state index contributed by atoms with van der Waals surface area (Å²) in [6.07, 6.45) is 1.75. The smallest absolute Gasteiger partial charge is 0.257 e. The Morgan fingerprint density at radius 1 is 1.20 bits per heavy atom. The van der Waals surface area contributed by atoms with E-state index in [-0.39, 0.29) is 11.6 Å². The normalized spacial score (nSPS) is 10.7. The molecule has 1 aromatic heterocycles. The largest absolute Gasteiger partial charge is 0.399 e. The van der Waals surface area contributed by atoms with Crippen molar-refractivity contribution >= 4 is 28.2 Å². The lowest BCUT2D eigenvalue weighted by molar-refractivity contribution is 0.102. The first-order chi connectivity index (χ1) is 9.65. The average molecular weight is 269 g/mol. The molecule has 0 aliphatic rings. The summed E-state index contributed by atoms with van der Waals surface area (Å²) in [6.45, 7) is 0. The summed E-state index contributed by atoms with van der Waals surface area (Å²) in [6, 6.07) is 11.3. The zero-order valence-corrected chi connectivity index (χ0v) is 10.5. The molecule has 4 N–H and O–H groups in total. The fourth-order valence-electron chi connectivity index (χ4n) is 2.10. The van der Waals surface area contributed by atoms with E-state index in [9.17, 15) is 9.18 Å². The summed E-state index contributed by atoms with van der Waals surface area (Å²) >= 11 is 0. The van der Waals surface area contributed by atoms with Gasteiger partial charge < -0.3 is 16.0 Å². The van der Waals surface area contributed by atoms with E-state index in [1.54, 1.807) is 18.3 Å². The molecule has 0 fully saturated rings. The molecule has 0 radical (unpaired) electrons. The van der Waals surface area contributed by atoms with Gasteiger partial charge in [0.25, 0.3) is 5.91 Å². The molecular weight excluding hydrogens is 257 g/mol. The standard InChI is InChI=1S/C15H12FN3O/c16-12-5-4-10(17)8-13(12)19-15(20)11-3-1-2-9-6-7-18-14(9)11/h1-8,18H,17H2,(H,19,20). The van der Waals surface area contributed by atoms with E-state index >= 15 is 0 Å². The number of anilines is 2. The van der Waals surface area contributed by atoms with Gasteiger partial charge in [0.2, 0.25) is 0 Å². The molecule has 0 saturated carbocycles. The Bertz CT molecular complexity index is 795. The molecule has 0 aliphatic carbocycles. The highest BCUT2D eigenvalue weighted by Gasteiger charge is 2.13. The van der Waals surface area contributed by atoms with E-state index in [0.29, 0.717) is 16.8 Å². The number of halogens is 1. The molecule has 0 atom stereocenters. The highest BCUT2D eigenvalue weighted by atomic mass is 19.1. The van der Waals surface area contributed by atoms with E-state index in [1.807, 2.05) is 12.1 Å². The lowest BCUT2D eigenvalue weighted by Crippen LogP contribution is -2.13. The number of nitrogen functional groups attached to an aromatic ring is 1. The van der Waals surface area contributed by atoms with Crippen LogP contribution in [0.1, 0.15) is 10.4 Å². The van der Waals surface area contributed by atoms with Crippen molar-refractivity contribution in [1.82, 2.24) is 4.98 Å². The molecule has 0 unspecified atom stereocenters. The molecule has 20 heavy (non-hydrogen) atoms. The molecule has 3 rings (SSSR count). The zero-order valence-electron chi connectivity index (χ0n) is 10.5. The number of aromatic amines is 1. The lowest BCUT2D eigenvalue weighted by atomic mass is 10.1. The fourth-order valence-corrected chi connectivity index (χ4v) is 2.10. The minimum absolute atomic E-state index is 0.0681. The Labute approximate surface area is 114 Å². The Balaban J connectivity index is 1.97. The molecule has 0 saturated heterocycles. The van der Waals surface area contributed by atoms with Gasteiger partial charge in [-0.1, -0.05) is 12.1 Å². The molecule has 2 aromatic carbocycles. The Morgan fingerprint density at radius 3 is 2.90 bits per heavy atom. The van der Waals surface area contributed by atoms with Crippen molar-refractivity contribution in [3.8, 4) is 0 Å². The molecule has 100 valence electrons. The van der Waals surface area contributed by atoms with Gasteiger partial charge >= 0.3 is 0 Å². The number of hydrogen-bond acceptors (Lipinski definition) is 2. The van der Waals surface area contributed by atoms with Crippen LogP contribution in [-0.4, -0.2) is 10.9 Å². The summed E-state index contributed by atoms with van der Waals surface area (Å²) in [5, 5.41) is 3.46. The van der Waals surface area contributed by atoms with Gasteiger partial charge in [0.05, 0.1) is 16.8 Å². The van der Waals surface area contributed by atoms with Crippen LogP contribution in [-0.2, 0) is 0 Å². The van der Waals surface area contributed by atoms with Crippen molar-refractivity contribution in [2.75, 3.05) is 11.1 Å². The topological polar surface area (TPSA) is 70.9 Å². The molecule has 1 heterocycles. The molecular formula is C15H12FN3O. The van der Waals surface area contributed by atoms with Gasteiger partial charge in [-0.25, -0.2) is 4.39 Å². The third kappa shape index (κ3) is 2.09. The van der Waals surface area contributed by atoms with Gasteiger partial charge in [-0.2, -0.15) is 0 Å². The second kappa shape index (κ2) is 4.70. The third-order valence-electron chi connectivity index (χ3n) is 3.07. The first kappa shape index (κ1) is 12.2. The van der Waals surface area contributed by atoms with Crippen LogP contribution in [0.15, 0.2) is 48.7 Å². The summed E-state index contributed by atoms with van der Waals surface area (Å²) in [7, 11) is 0. The number of benzene rings is 2. The molecule has 3 aromatic rings. The molecule has 0 spiro atoms. The summed E-state index contributed by atoms with van der Waals surface area (Å²) in [5.74, 6) is -0.909. The molecule has 0 bridgehead atoms. The summed E-state index contributed by atoms with van der Waals surface area (Å²) in [4.78, 5) is 15.3. The van der Waals surface area contributed by atoms with Crippen molar-refractivity contribution in [2.45, 2.75) is 0 Å². The van der Waals surface area contributed by atoms with Crippen molar-refractivity contribution in [1.29, 1.82) is 0 Å². The molecule has 0 aliphatic heterocycles. The second-order valence-corrected chi connectivity index (χ2v) is 4.44. The average Bonchev–Trinajstić information content (AvgIpc) is 2.91. The van der Waals surface area contributed by atoms with E-state index in [2.05, 4.69) is 10.3 Å². The summed E-state index contributed by atoms with van der Waals surface area (Å²) in [5.41, 5.74) is 7.22. The Hall–Kier alpha value is -2.82. The minimum Gasteiger partial charge on any atom is -0.399 e. The number of carbonyl (C=O) groups excluding carboxylic acids is 1. The number of para-hydroxylation sites is 1. The van der Waals surface area contributed by atoms with Gasteiger partial charge in [-0.3, -0.25) is 4.79 Å². The Morgan fingerprint density at radius 2 is 2.05 bits per heavy atom. The van der Waals surface area contributed by atoms with Crippen LogP contribution in [0.4, 0.5) is 15.8 Å². The predicted molar refractivity (Wildman–Crippen MR) is 77.1 cm³/mol. The van der Waals surface area contributed by atoms with Crippen molar-refractivity contribution in [3.63, 3.8) is 0 Å². The number of rotatable bonds is 2. The molecule has 1 amide bonds. The highest BCUT2D eigenvalue weighted by Crippen LogP contribution is 2.21. The number of nitrogens with two attached hydrogens (primary N) is 1. The highest BCUT2D eigenvalue weighted by molar-refractivity contribution is 6.12. The number of H-pyrrole nitrogens is 1. The number of carbonyl (C=O) groups is 1. The lowest BCUT2D eigenvalue weighted by Gasteiger charge is -2.08.